The van der Waals surface area contributed by atoms with Gasteiger partial charge in [-0.2, -0.15) is 5.10 Å². The Balaban J connectivity index is 2.01. The summed E-state index contributed by atoms with van der Waals surface area (Å²) in [5, 5.41) is 4.78. The number of carbonyl (C=O) groups is 1. The number of nitrogens with zero attached hydrogens (tertiary/aromatic N) is 3. The van der Waals surface area contributed by atoms with Crippen LogP contribution < -0.4 is 9.47 Å². The van der Waals surface area contributed by atoms with Crippen molar-refractivity contribution in [2.75, 3.05) is 14.2 Å². The first-order chi connectivity index (χ1) is 15.3. The van der Waals surface area contributed by atoms with Crippen molar-refractivity contribution in [3.05, 3.63) is 65.6 Å². The van der Waals surface area contributed by atoms with Crippen molar-refractivity contribution in [1.82, 2.24) is 14.7 Å². The van der Waals surface area contributed by atoms with Gasteiger partial charge in [0.15, 0.2) is 0 Å². The van der Waals surface area contributed by atoms with Crippen molar-refractivity contribution in [3.8, 4) is 23.1 Å². The smallest absolute Gasteiger partial charge is 0.226 e. The van der Waals surface area contributed by atoms with Crippen LogP contribution in [0.15, 0.2) is 48.5 Å². The van der Waals surface area contributed by atoms with Crippen LogP contribution in [-0.4, -0.2) is 40.8 Å². The number of aryl methyl sites for hydroxylation is 1. The molecule has 0 radical (unpaired) electrons. The Bertz CT molecular complexity index is 1040. The Morgan fingerprint density at radius 2 is 1.72 bits per heavy atom. The van der Waals surface area contributed by atoms with Crippen LogP contribution in [0.25, 0.3) is 5.69 Å². The predicted octanol–water partition coefficient (Wildman–Crippen LogP) is 5.17. The van der Waals surface area contributed by atoms with Crippen molar-refractivity contribution in [1.29, 1.82) is 0 Å². The molecule has 6 nitrogen and oxygen atoms in total. The lowest BCUT2D eigenvalue weighted by Crippen LogP contribution is -2.33. The fraction of sp³-hybridized carbons (Fsp3) is 0.360. The lowest BCUT2D eigenvalue weighted by molar-refractivity contribution is -0.131. The first-order valence-electron chi connectivity index (χ1n) is 10.8. The van der Waals surface area contributed by atoms with Crippen molar-refractivity contribution < 1.29 is 18.7 Å². The number of hydrogen-bond donors (Lipinski definition) is 0. The van der Waals surface area contributed by atoms with E-state index in [4.69, 9.17) is 14.6 Å². The van der Waals surface area contributed by atoms with Crippen LogP contribution in [-0.2, 0) is 17.6 Å². The van der Waals surface area contributed by atoms with Gasteiger partial charge in [-0.3, -0.25) is 4.79 Å². The van der Waals surface area contributed by atoms with Crippen molar-refractivity contribution in [2.45, 2.75) is 46.1 Å². The summed E-state index contributed by atoms with van der Waals surface area (Å²) in [5.74, 6) is 1.49. The van der Waals surface area contributed by atoms with Gasteiger partial charge in [0.2, 0.25) is 11.8 Å². The second-order valence-corrected chi connectivity index (χ2v) is 7.85. The molecule has 0 bridgehead atoms. The Hall–Kier alpha value is -3.35. The van der Waals surface area contributed by atoms with Gasteiger partial charge in [-0.05, 0) is 75.2 Å². The van der Waals surface area contributed by atoms with Gasteiger partial charge < -0.3 is 14.4 Å². The molecule has 0 saturated carbocycles. The van der Waals surface area contributed by atoms with E-state index in [1.54, 1.807) is 28.8 Å². The van der Waals surface area contributed by atoms with E-state index in [2.05, 4.69) is 0 Å². The third-order valence-electron chi connectivity index (χ3n) is 5.46. The molecule has 1 aromatic heterocycles. The van der Waals surface area contributed by atoms with E-state index >= 15 is 0 Å². The molecule has 2 aromatic carbocycles. The molecule has 32 heavy (non-hydrogen) atoms. The first-order valence-corrected chi connectivity index (χ1v) is 10.8. The quantitative estimate of drug-likeness (QED) is 0.461. The molecule has 0 saturated heterocycles. The summed E-state index contributed by atoms with van der Waals surface area (Å²) < 4.78 is 26.6. The number of ether oxygens (including phenoxy) is 2. The normalized spacial score (nSPS) is 11.0. The fourth-order valence-electron chi connectivity index (χ4n) is 3.33. The van der Waals surface area contributed by atoms with Crippen LogP contribution in [0.1, 0.15) is 38.4 Å². The van der Waals surface area contributed by atoms with Crippen molar-refractivity contribution in [2.24, 2.45) is 0 Å². The Morgan fingerprint density at radius 1 is 1.09 bits per heavy atom. The number of hydrogen-bond acceptors (Lipinski definition) is 4. The van der Waals surface area contributed by atoms with E-state index in [0.717, 1.165) is 22.7 Å². The zero-order valence-corrected chi connectivity index (χ0v) is 19.3. The maximum absolute atomic E-state index is 13.4. The van der Waals surface area contributed by atoms with Gasteiger partial charge in [0, 0.05) is 25.1 Å². The Morgan fingerprint density at radius 3 is 2.28 bits per heavy atom. The number of aromatic nitrogens is 2. The van der Waals surface area contributed by atoms with Gasteiger partial charge in [-0.15, -0.1) is 0 Å². The summed E-state index contributed by atoms with van der Waals surface area (Å²) in [4.78, 5) is 14.4. The Kier molecular flexibility index (Phi) is 7.51. The van der Waals surface area contributed by atoms with Crippen LogP contribution in [0.3, 0.4) is 0 Å². The molecule has 1 amide bonds. The van der Waals surface area contributed by atoms with Crippen LogP contribution in [0.4, 0.5) is 4.39 Å². The van der Waals surface area contributed by atoms with Gasteiger partial charge in [0.25, 0.3) is 0 Å². The maximum Gasteiger partial charge on any atom is 0.226 e. The van der Waals surface area contributed by atoms with E-state index in [-0.39, 0.29) is 17.8 Å². The highest BCUT2D eigenvalue weighted by Crippen LogP contribution is 2.33. The van der Waals surface area contributed by atoms with E-state index in [0.29, 0.717) is 30.9 Å². The number of halogens is 1. The van der Waals surface area contributed by atoms with E-state index in [9.17, 15) is 9.18 Å². The minimum Gasteiger partial charge on any atom is -0.497 e. The largest absolute Gasteiger partial charge is 0.497 e. The number of carbonyl (C=O) groups excluding carboxylic acids is 1. The van der Waals surface area contributed by atoms with Crippen LogP contribution in [0, 0.1) is 5.82 Å². The second-order valence-electron chi connectivity index (χ2n) is 7.85. The zero-order chi connectivity index (χ0) is 23.3. The van der Waals surface area contributed by atoms with Gasteiger partial charge >= 0.3 is 0 Å². The number of methoxy groups -OCH3 is 1. The monoisotopic (exact) mass is 439 g/mol. The summed E-state index contributed by atoms with van der Waals surface area (Å²) in [6.07, 6.45) is 1.52. The molecule has 0 aliphatic rings. The minimum absolute atomic E-state index is 0.0620. The molecular formula is C25H30FN3O3. The third-order valence-corrected chi connectivity index (χ3v) is 5.46. The van der Waals surface area contributed by atoms with Gasteiger partial charge in [-0.1, -0.05) is 6.92 Å². The minimum atomic E-state index is -0.335. The van der Waals surface area contributed by atoms with Gasteiger partial charge in [0.05, 0.1) is 18.5 Å². The number of amides is 1. The van der Waals surface area contributed by atoms with Crippen LogP contribution in [0.5, 0.6) is 17.4 Å². The summed E-state index contributed by atoms with van der Waals surface area (Å²) in [6.45, 7) is 5.99. The standard InChI is InChI=1S/C25H30FN3O3/c1-6-23-22(15-16-24(30)28(4)17(2)3)25(32-21-11-7-18(26)8-12-21)29(27-23)19-9-13-20(31-5)14-10-19/h7-14,17H,6,15-16H2,1-5H3. The topological polar surface area (TPSA) is 56.6 Å². The maximum atomic E-state index is 13.4. The van der Waals surface area contributed by atoms with E-state index in [1.807, 2.05) is 52.1 Å². The SMILES string of the molecule is CCc1nn(-c2ccc(OC)cc2)c(Oc2ccc(F)cc2)c1CCC(=O)N(C)C(C)C. The molecule has 0 aliphatic carbocycles. The zero-order valence-electron chi connectivity index (χ0n) is 19.3. The highest BCUT2D eigenvalue weighted by atomic mass is 19.1. The lowest BCUT2D eigenvalue weighted by Gasteiger charge is -2.21. The second kappa shape index (κ2) is 10.3. The van der Waals surface area contributed by atoms with Crippen molar-refractivity contribution >= 4 is 5.91 Å². The summed E-state index contributed by atoms with van der Waals surface area (Å²) >= 11 is 0. The van der Waals surface area contributed by atoms with Gasteiger partial charge in [-0.25, -0.2) is 9.07 Å². The highest BCUT2D eigenvalue weighted by molar-refractivity contribution is 5.76. The molecule has 0 unspecified atom stereocenters. The lowest BCUT2D eigenvalue weighted by atomic mass is 10.1. The number of rotatable bonds is 9. The van der Waals surface area contributed by atoms with Crippen molar-refractivity contribution in [3.63, 3.8) is 0 Å². The molecule has 0 aliphatic heterocycles. The van der Waals surface area contributed by atoms with Crippen LogP contribution in [0.2, 0.25) is 0 Å². The third kappa shape index (κ3) is 5.28. The molecule has 0 atom stereocenters. The van der Waals surface area contributed by atoms with E-state index in [1.165, 1.54) is 12.1 Å². The molecular weight excluding hydrogens is 409 g/mol. The van der Waals surface area contributed by atoms with Gasteiger partial charge in [0.1, 0.15) is 17.3 Å². The molecule has 0 fully saturated rings. The van der Waals surface area contributed by atoms with Crippen LogP contribution >= 0.6 is 0 Å². The molecule has 7 heteroatoms. The highest BCUT2D eigenvalue weighted by Gasteiger charge is 2.22. The average molecular weight is 440 g/mol. The first kappa shape index (κ1) is 23.3. The summed E-state index contributed by atoms with van der Waals surface area (Å²) in [7, 11) is 3.43. The molecule has 1 heterocycles. The fourth-order valence-corrected chi connectivity index (χ4v) is 3.33. The van der Waals surface area contributed by atoms with E-state index < -0.39 is 0 Å². The summed E-state index contributed by atoms with van der Waals surface area (Å²) in [5.41, 5.74) is 2.53. The molecule has 0 N–H and O–H groups in total. The molecule has 0 spiro atoms. The molecule has 170 valence electrons. The molecule has 3 rings (SSSR count). The number of benzene rings is 2. The predicted molar refractivity (Wildman–Crippen MR) is 122 cm³/mol. The summed E-state index contributed by atoms with van der Waals surface area (Å²) in [6, 6.07) is 13.5. The Labute approximate surface area is 188 Å². The average Bonchev–Trinajstić information content (AvgIpc) is 3.15. The molecule has 3 aromatic rings.